The molecule has 0 aromatic heterocycles. The van der Waals surface area contributed by atoms with E-state index >= 15 is 0 Å². The SMILES string of the molecule is O=C(NCCCCl)c1cc(Cl)ccc1O. The Morgan fingerprint density at radius 3 is 2.87 bits per heavy atom. The first-order valence-electron chi connectivity index (χ1n) is 4.48. The summed E-state index contributed by atoms with van der Waals surface area (Å²) in [4.78, 5) is 11.5. The van der Waals surface area contributed by atoms with Crippen molar-refractivity contribution in [3.63, 3.8) is 0 Å². The van der Waals surface area contributed by atoms with Gasteiger partial charge >= 0.3 is 0 Å². The summed E-state index contributed by atoms with van der Waals surface area (Å²) in [6.45, 7) is 0.480. The first kappa shape index (κ1) is 12.1. The highest BCUT2D eigenvalue weighted by molar-refractivity contribution is 6.31. The number of alkyl halides is 1. The summed E-state index contributed by atoms with van der Waals surface area (Å²) in [5.74, 6) is 0.0600. The van der Waals surface area contributed by atoms with E-state index in [1.165, 1.54) is 18.2 Å². The highest BCUT2D eigenvalue weighted by Gasteiger charge is 2.10. The van der Waals surface area contributed by atoms with Crippen molar-refractivity contribution in [2.45, 2.75) is 6.42 Å². The predicted molar refractivity (Wildman–Crippen MR) is 60.8 cm³/mol. The largest absolute Gasteiger partial charge is 0.507 e. The molecule has 0 aliphatic heterocycles. The molecular weight excluding hydrogens is 237 g/mol. The molecule has 2 N–H and O–H groups in total. The summed E-state index contributed by atoms with van der Waals surface area (Å²) < 4.78 is 0. The molecule has 0 aliphatic carbocycles. The molecule has 5 heteroatoms. The molecule has 0 atom stereocenters. The lowest BCUT2D eigenvalue weighted by Gasteiger charge is -2.06. The molecule has 0 spiro atoms. The second kappa shape index (κ2) is 5.83. The maximum Gasteiger partial charge on any atom is 0.255 e. The van der Waals surface area contributed by atoms with E-state index in [-0.39, 0.29) is 17.2 Å². The maximum absolute atomic E-state index is 11.5. The smallest absolute Gasteiger partial charge is 0.255 e. The van der Waals surface area contributed by atoms with Crippen LogP contribution in [-0.2, 0) is 0 Å². The molecule has 0 heterocycles. The third kappa shape index (κ3) is 3.61. The fraction of sp³-hybridized carbons (Fsp3) is 0.300. The van der Waals surface area contributed by atoms with Gasteiger partial charge in [0.1, 0.15) is 5.75 Å². The summed E-state index contributed by atoms with van der Waals surface area (Å²) in [5.41, 5.74) is 0.178. The lowest BCUT2D eigenvalue weighted by molar-refractivity contribution is 0.0951. The van der Waals surface area contributed by atoms with Crippen LogP contribution in [0.15, 0.2) is 18.2 Å². The Bertz CT molecular complexity index is 355. The van der Waals surface area contributed by atoms with E-state index in [0.29, 0.717) is 23.9 Å². The number of nitrogens with one attached hydrogen (secondary N) is 1. The normalized spacial score (nSPS) is 10.0. The van der Waals surface area contributed by atoms with Crippen molar-refractivity contribution in [1.29, 1.82) is 0 Å². The van der Waals surface area contributed by atoms with Gasteiger partial charge in [0.25, 0.3) is 5.91 Å². The van der Waals surface area contributed by atoms with E-state index in [0.717, 1.165) is 0 Å². The molecule has 82 valence electrons. The van der Waals surface area contributed by atoms with Crippen molar-refractivity contribution < 1.29 is 9.90 Å². The number of hydrogen-bond donors (Lipinski definition) is 2. The van der Waals surface area contributed by atoms with E-state index in [9.17, 15) is 9.90 Å². The van der Waals surface area contributed by atoms with Gasteiger partial charge in [0, 0.05) is 17.4 Å². The van der Waals surface area contributed by atoms with Crippen LogP contribution in [-0.4, -0.2) is 23.4 Å². The van der Waals surface area contributed by atoms with Crippen LogP contribution < -0.4 is 5.32 Å². The predicted octanol–water partition coefficient (Wildman–Crippen LogP) is 2.40. The number of carbonyl (C=O) groups excluding carboxylic acids is 1. The minimum absolute atomic E-state index is 0.0808. The number of carbonyl (C=O) groups is 1. The number of benzene rings is 1. The van der Waals surface area contributed by atoms with Crippen LogP contribution in [0.25, 0.3) is 0 Å². The molecule has 1 aromatic rings. The molecule has 0 saturated heterocycles. The van der Waals surface area contributed by atoms with Gasteiger partial charge in [-0.2, -0.15) is 0 Å². The lowest BCUT2D eigenvalue weighted by Crippen LogP contribution is -2.24. The third-order valence-corrected chi connectivity index (χ3v) is 2.30. The second-order valence-corrected chi connectivity index (χ2v) is 3.77. The summed E-state index contributed by atoms with van der Waals surface area (Å²) in [6.07, 6.45) is 0.689. The van der Waals surface area contributed by atoms with Gasteiger partial charge in [-0.15, -0.1) is 11.6 Å². The molecule has 3 nitrogen and oxygen atoms in total. The van der Waals surface area contributed by atoms with Gasteiger partial charge in [0.05, 0.1) is 5.56 Å². The van der Waals surface area contributed by atoms with Crippen molar-refractivity contribution in [3.8, 4) is 5.75 Å². The monoisotopic (exact) mass is 247 g/mol. The van der Waals surface area contributed by atoms with Crippen LogP contribution in [0.1, 0.15) is 16.8 Å². The molecule has 1 rings (SSSR count). The average Bonchev–Trinajstić information content (AvgIpc) is 2.22. The molecule has 0 unspecified atom stereocenters. The second-order valence-electron chi connectivity index (χ2n) is 2.96. The number of aromatic hydroxyl groups is 1. The molecule has 1 amide bonds. The lowest BCUT2D eigenvalue weighted by atomic mass is 10.2. The zero-order valence-corrected chi connectivity index (χ0v) is 9.48. The molecule has 0 saturated carbocycles. The summed E-state index contributed by atoms with van der Waals surface area (Å²) in [7, 11) is 0. The van der Waals surface area contributed by atoms with E-state index in [1.807, 2.05) is 0 Å². The minimum Gasteiger partial charge on any atom is -0.507 e. The van der Waals surface area contributed by atoms with Crippen LogP contribution >= 0.6 is 23.2 Å². The van der Waals surface area contributed by atoms with Gasteiger partial charge in [-0.3, -0.25) is 4.79 Å². The number of hydrogen-bond acceptors (Lipinski definition) is 2. The number of phenolic OH excluding ortho intramolecular Hbond substituents is 1. The molecule has 15 heavy (non-hydrogen) atoms. The first-order valence-corrected chi connectivity index (χ1v) is 5.39. The Kier molecular flexibility index (Phi) is 4.72. The van der Waals surface area contributed by atoms with E-state index in [1.54, 1.807) is 0 Å². The van der Waals surface area contributed by atoms with Crippen molar-refractivity contribution in [1.82, 2.24) is 5.32 Å². The Morgan fingerprint density at radius 1 is 1.47 bits per heavy atom. The summed E-state index contributed by atoms with van der Waals surface area (Å²) >= 11 is 11.2. The topological polar surface area (TPSA) is 49.3 Å². The van der Waals surface area contributed by atoms with Crippen LogP contribution in [0.3, 0.4) is 0 Å². The number of rotatable bonds is 4. The highest BCUT2D eigenvalue weighted by Crippen LogP contribution is 2.21. The average molecular weight is 248 g/mol. The molecule has 0 radical (unpaired) electrons. The summed E-state index contributed by atoms with van der Waals surface area (Å²) in [5, 5.41) is 12.5. The molecule has 1 aromatic carbocycles. The first-order chi connectivity index (χ1) is 7.15. The number of phenols is 1. The highest BCUT2D eigenvalue weighted by atomic mass is 35.5. The van der Waals surface area contributed by atoms with Gasteiger partial charge in [-0.1, -0.05) is 11.6 Å². The zero-order valence-electron chi connectivity index (χ0n) is 7.96. The van der Waals surface area contributed by atoms with Crippen molar-refractivity contribution in [2.24, 2.45) is 0 Å². The summed E-state index contributed by atoms with van der Waals surface area (Å²) in [6, 6.07) is 4.33. The van der Waals surface area contributed by atoms with E-state index in [2.05, 4.69) is 5.32 Å². The van der Waals surface area contributed by atoms with E-state index < -0.39 is 0 Å². The van der Waals surface area contributed by atoms with Crippen molar-refractivity contribution in [2.75, 3.05) is 12.4 Å². The van der Waals surface area contributed by atoms with Crippen LogP contribution in [0.2, 0.25) is 5.02 Å². The molecule has 0 fully saturated rings. The standard InChI is InChI=1S/C10H11Cl2NO2/c11-4-1-5-13-10(15)8-6-7(12)2-3-9(8)14/h2-3,6,14H,1,4-5H2,(H,13,15). The quantitative estimate of drug-likeness (QED) is 0.635. The van der Waals surface area contributed by atoms with Crippen LogP contribution in [0.4, 0.5) is 0 Å². The zero-order chi connectivity index (χ0) is 11.3. The van der Waals surface area contributed by atoms with Gasteiger partial charge in [0.2, 0.25) is 0 Å². The van der Waals surface area contributed by atoms with Crippen LogP contribution in [0.5, 0.6) is 5.75 Å². The fourth-order valence-electron chi connectivity index (χ4n) is 1.05. The molecular formula is C10H11Cl2NO2. The minimum atomic E-state index is -0.347. The third-order valence-electron chi connectivity index (χ3n) is 1.80. The van der Waals surface area contributed by atoms with Crippen molar-refractivity contribution in [3.05, 3.63) is 28.8 Å². The number of amides is 1. The van der Waals surface area contributed by atoms with Crippen molar-refractivity contribution >= 4 is 29.1 Å². The van der Waals surface area contributed by atoms with E-state index in [4.69, 9.17) is 23.2 Å². The van der Waals surface area contributed by atoms with Gasteiger partial charge in [-0.25, -0.2) is 0 Å². The van der Waals surface area contributed by atoms with Gasteiger partial charge < -0.3 is 10.4 Å². The fourth-order valence-corrected chi connectivity index (χ4v) is 1.36. The van der Waals surface area contributed by atoms with Gasteiger partial charge in [0.15, 0.2) is 0 Å². The Labute approximate surface area is 98.0 Å². The Balaban J connectivity index is 2.68. The maximum atomic E-state index is 11.5. The Morgan fingerprint density at radius 2 is 2.20 bits per heavy atom. The molecule has 0 bridgehead atoms. The van der Waals surface area contributed by atoms with Crippen LogP contribution in [0, 0.1) is 0 Å². The van der Waals surface area contributed by atoms with Gasteiger partial charge in [-0.05, 0) is 24.6 Å². The molecule has 0 aliphatic rings. The Hall–Kier alpha value is -0.930. The number of halogens is 2.